The molecule has 4 fully saturated rings. The first kappa shape index (κ1) is 44.0. The lowest BCUT2D eigenvalue weighted by Crippen LogP contribution is -2.50. The number of carbonyl (C=O) groups excluding carboxylic acids is 4. The van der Waals surface area contributed by atoms with Gasteiger partial charge in [0.05, 0.1) is 53.7 Å². The Bertz CT molecular complexity index is 2130. The number of rotatable bonds is 10. The van der Waals surface area contributed by atoms with Gasteiger partial charge in [-0.3, -0.25) is 23.9 Å². The predicted molar refractivity (Wildman–Crippen MR) is 209 cm³/mol. The van der Waals surface area contributed by atoms with Gasteiger partial charge in [-0.15, -0.1) is 0 Å². The maximum absolute atomic E-state index is 16.4. The van der Waals surface area contributed by atoms with E-state index in [1.807, 2.05) is 4.72 Å². The number of ether oxygens (including phenoxy) is 3. The minimum Gasteiger partial charge on any atom is -0.497 e. The Labute approximate surface area is 347 Å². The Morgan fingerprint density at radius 2 is 1.78 bits per heavy atom. The number of Topliss-reactive ketones (excluding diaryl/α,β-unsaturated/α-hetero) is 1. The van der Waals surface area contributed by atoms with Crippen molar-refractivity contribution in [2.75, 3.05) is 13.7 Å². The first-order chi connectivity index (χ1) is 28.2. The van der Waals surface area contributed by atoms with Crippen LogP contribution in [-0.2, 0) is 39.9 Å². The number of alkyl halides is 4. The molecule has 5 aliphatic rings. The SMILES string of the molecule is CCC[C@@H]1[C@@H]2CN(C(=O)[C@H](C(C)(C)C)CC(=O)O[C@@H]3C[C@H]3CCCCC(F)(F)c3nc4ccc(OC)cc4nc3O2)[C@@H]1C(=O)C[C@]1(C(=O)NS(=O)(=O)C2CC2)C[C@H]1C(F)F. The Hall–Kier alpha value is -4.09. The molecule has 7 rings (SSSR count). The number of aromatic nitrogens is 2. The summed E-state index contributed by atoms with van der Waals surface area (Å²) >= 11 is 0. The third-order valence-electron chi connectivity index (χ3n) is 13.0. The van der Waals surface area contributed by atoms with Crippen molar-refractivity contribution in [3.63, 3.8) is 0 Å². The lowest BCUT2D eigenvalue weighted by molar-refractivity contribution is -0.154. The van der Waals surface area contributed by atoms with Crippen molar-refractivity contribution in [1.29, 1.82) is 0 Å². The second-order valence-electron chi connectivity index (χ2n) is 18.5. The highest BCUT2D eigenvalue weighted by atomic mass is 32.2. The molecule has 1 aromatic carbocycles. The van der Waals surface area contributed by atoms with Crippen molar-refractivity contribution in [2.45, 2.75) is 141 Å². The number of benzene rings is 1. The van der Waals surface area contributed by atoms with Gasteiger partial charge >= 0.3 is 5.97 Å². The van der Waals surface area contributed by atoms with Gasteiger partial charge < -0.3 is 19.1 Å². The number of nitrogens with one attached hydrogen (secondary N) is 1. The average molecular weight is 867 g/mol. The molecule has 3 heterocycles. The van der Waals surface area contributed by atoms with E-state index in [1.54, 1.807) is 33.8 Å². The van der Waals surface area contributed by atoms with Crippen molar-refractivity contribution < 1.29 is 59.4 Å². The molecule has 2 amide bonds. The van der Waals surface area contributed by atoms with E-state index < -0.39 is 129 Å². The van der Waals surface area contributed by atoms with Crippen molar-refractivity contribution in [2.24, 2.45) is 34.5 Å². The molecule has 1 N–H and O–H groups in total. The summed E-state index contributed by atoms with van der Waals surface area (Å²) in [7, 11) is -2.74. The fourth-order valence-electron chi connectivity index (χ4n) is 9.13. The molecule has 8 atom stereocenters. The van der Waals surface area contributed by atoms with Crippen LogP contribution in [0.2, 0.25) is 0 Å². The van der Waals surface area contributed by atoms with Gasteiger partial charge in [-0.05, 0) is 68.4 Å². The van der Waals surface area contributed by atoms with Gasteiger partial charge in [0.25, 0.3) is 5.92 Å². The highest BCUT2D eigenvalue weighted by Crippen LogP contribution is 2.59. The molecule has 0 unspecified atom stereocenters. The second-order valence-corrected chi connectivity index (χ2v) is 20.5. The van der Waals surface area contributed by atoms with Gasteiger partial charge in [0, 0.05) is 30.7 Å². The van der Waals surface area contributed by atoms with Crippen LogP contribution < -0.4 is 14.2 Å². The number of nitrogens with zero attached hydrogens (tertiary/aromatic N) is 3. The van der Waals surface area contributed by atoms with Gasteiger partial charge in [-0.1, -0.05) is 40.5 Å². The topological polar surface area (TPSA) is 171 Å². The van der Waals surface area contributed by atoms with Crippen molar-refractivity contribution in [1.82, 2.24) is 19.6 Å². The molecule has 1 aromatic heterocycles. The van der Waals surface area contributed by atoms with Crippen LogP contribution in [-0.4, -0.2) is 90.4 Å². The Morgan fingerprint density at radius 3 is 2.42 bits per heavy atom. The van der Waals surface area contributed by atoms with Gasteiger partial charge in [0.15, 0.2) is 11.5 Å². The minimum atomic E-state index is -4.17. The Morgan fingerprint density at radius 1 is 1.05 bits per heavy atom. The van der Waals surface area contributed by atoms with Crippen LogP contribution >= 0.6 is 0 Å². The molecular formula is C42H54F4N4O9S. The third kappa shape index (κ3) is 8.94. The number of hydrogen-bond acceptors (Lipinski definition) is 11. The minimum absolute atomic E-state index is 0.0148. The van der Waals surface area contributed by atoms with E-state index in [2.05, 4.69) is 9.97 Å². The fraction of sp³-hybridized carbons (Fsp3) is 0.714. The Kier molecular flexibility index (Phi) is 12.0. The summed E-state index contributed by atoms with van der Waals surface area (Å²) in [5, 5.41) is -0.838. The lowest BCUT2D eigenvalue weighted by atomic mass is 9.77. The normalized spacial score (nSPS) is 31.0. The zero-order valence-electron chi connectivity index (χ0n) is 34.6. The molecule has 2 bridgehead atoms. The molecule has 13 nitrogen and oxygen atoms in total. The maximum atomic E-state index is 16.4. The first-order valence-corrected chi connectivity index (χ1v) is 22.5. The van der Waals surface area contributed by atoms with Crippen LogP contribution in [0.3, 0.4) is 0 Å². The van der Waals surface area contributed by atoms with Crippen LogP contribution in [0.1, 0.15) is 110 Å². The van der Waals surface area contributed by atoms with E-state index >= 15 is 8.78 Å². The standard InChI is InChI=1S/C42H54F4N4O9S/c1-6-9-25-32-21-50(34(25)30(51)20-41(19-27(41)36(43)44)39(54)49-60(55,56)24-12-13-24)38(53)26(40(2,3)4)18-33(52)58-31-16-22(31)10-7-8-15-42(45,46)35-37(59-32)48-29-17-23(57-5)11-14-28(29)47-35/h11,14,17,22,24-27,31-32,34,36H,6-10,12-13,15-16,18-21H2,1-5H3,(H,49,54)/t22-,25-,26-,27+,31-,32+,34+,41-/m1/s1. The molecule has 3 saturated carbocycles. The van der Waals surface area contributed by atoms with E-state index in [0.29, 0.717) is 44.3 Å². The van der Waals surface area contributed by atoms with Crippen LogP contribution in [0.5, 0.6) is 11.6 Å². The molecular weight excluding hydrogens is 813 g/mol. The van der Waals surface area contributed by atoms with E-state index in [0.717, 1.165) is 0 Å². The summed E-state index contributed by atoms with van der Waals surface area (Å²) in [4.78, 5) is 67.0. The summed E-state index contributed by atoms with van der Waals surface area (Å²) in [6.45, 7) is 6.72. The quantitative estimate of drug-likeness (QED) is 0.204. The van der Waals surface area contributed by atoms with Gasteiger partial charge in [-0.2, -0.15) is 8.78 Å². The van der Waals surface area contributed by atoms with Crippen LogP contribution in [0.25, 0.3) is 11.0 Å². The van der Waals surface area contributed by atoms with E-state index in [9.17, 15) is 36.4 Å². The van der Waals surface area contributed by atoms with Crippen LogP contribution in [0.4, 0.5) is 17.6 Å². The van der Waals surface area contributed by atoms with E-state index in [1.165, 1.54) is 24.1 Å². The second kappa shape index (κ2) is 16.3. The first-order valence-electron chi connectivity index (χ1n) is 21.0. The molecule has 2 aliphatic heterocycles. The number of hydrogen-bond donors (Lipinski definition) is 1. The summed E-state index contributed by atoms with van der Waals surface area (Å²) in [5.41, 5.74) is -3.33. The Balaban J connectivity index is 1.32. The number of fused-ring (bicyclic) bond motifs is 5. The zero-order valence-corrected chi connectivity index (χ0v) is 35.4. The van der Waals surface area contributed by atoms with Gasteiger partial charge in [0.2, 0.25) is 34.1 Å². The molecule has 0 spiro atoms. The van der Waals surface area contributed by atoms with Crippen molar-refractivity contribution >= 4 is 44.6 Å². The number of halogens is 4. The monoisotopic (exact) mass is 866 g/mol. The number of carbonyl (C=O) groups is 4. The molecule has 60 heavy (non-hydrogen) atoms. The number of sulfonamides is 1. The number of esters is 1. The molecule has 18 heteroatoms. The van der Waals surface area contributed by atoms with Gasteiger partial charge in [0.1, 0.15) is 18.0 Å². The molecule has 3 aliphatic carbocycles. The summed E-state index contributed by atoms with van der Waals surface area (Å²) < 4.78 is 107. The molecule has 0 radical (unpaired) electrons. The van der Waals surface area contributed by atoms with Crippen molar-refractivity contribution in [3.8, 4) is 11.6 Å². The predicted octanol–water partition coefficient (Wildman–Crippen LogP) is 6.50. The lowest BCUT2D eigenvalue weighted by Gasteiger charge is -2.35. The van der Waals surface area contributed by atoms with Gasteiger partial charge in [-0.25, -0.2) is 27.2 Å². The maximum Gasteiger partial charge on any atom is 0.306 e. The average Bonchev–Trinajstić information content (AvgIpc) is 4.08. The van der Waals surface area contributed by atoms with E-state index in [4.69, 9.17) is 14.2 Å². The third-order valence-corrected chi connectivity index (χ3v) is 14.8. The highest BCUT2D eigenvalue weighted by molar-refractivity contribution is 7.90. The summed E-state index contributed by atoms with van der Waals surface area (Å²) in [6, 6.07) is 3.15. The number of amides is 2. The van der Waals surface area contributed by atoms with Crippen LogP contribution in [0.15, 0.2) is 18.2 Å². The van der Waals surface area contributed by atoms with Crippen molar-refractivity contribution in [3.05, 3.63) is 23.9 Å². The van der Waals surface area contributed by atoms with E-state index in [-0.39, 0.29) is 42.8 Å². The molecule has 2 aromatic rings. The zero-order chi connectivity index (χ0) is 43.5. The highest BCUT2D eigenvalue weighted by Gasteiger charge is 2.66. The smallest absolute Gasteiger partial charge is 0.306 e. The molecule has 330 valence electrons. The van der Waals surface area contributed by atoms with Crippen LogP contribution in [0, 0.1) is 34.5 Å². The fourth-order valence-corrected chi connectivity index (χ4v) is 10.5. The number of ketones is 1. The largest absolute Gasteiger partial charge is 0.497 e. The molecule has 1 saturated heterocycles. The summed E-state index contributed by atoms with van der Waals surface area (Å²) in [5.74, 6) is -10.6. The summed E-state index contributed by atoms with van der Waals surface area (Å²) in [6.07, 6.45) is -3.98. The number of methoxy groups -OCH3 is 1.